The standard InChI is InChI=1S/C12H23NO5S/c1-12(2,3)18-11(14)13-10-6-4-5-9(7-10)8-19(15,16)17/h9-10H,4-8H2,1-3H3,(H,13,14)(H,15,16,17)/t9-,10+/m0/s1. The number of amides is 1. The normalized spacial score (nSPS) is 24.8. The van der Waals surface area contributed by atoms with Crippen LogP contribution >= 0.6 is 0 Å². The van der Waals surface area contributed by atoms with Crippen LogP contribution in [-0.4, -0.2) is 36.5 Å². The van der Waals surface area contributed by atoms with E-state index in [1.165, 1.54) is 0 Å². The third-order valence-corrected chi connectivity index (χ3v) is 3.84. The summed E-state index contributed by atoms with van der Waals surface area (Å²) in [7, 11) is -3.95. The van der Waals surface area contributed by atoms with E-state index in [1.54, 1.807) is 20.8 Å². The van der Waals surface area contributed by atoms with Crippen molar-refractivity contribution >= 4 is 16.2 Å². The van der Waals surface area contributed by atoms with E-state index in [2.05, 4.69) is 5.32 Å². The molecule has 0 spiro atoms. The predicted molar refractivity (Wildman–Crippen MR) is 71.5 cm³/mol. The molecule has 0 aliphatic heterocycles. The lowest BCUT2D eigenvalue weighted by Crippen LogP contribution is -2.42. The van der Waals surface area contributed by atoms with Crippen LogP contribution in [0.5, 0.6) is 0 Å². The average molecular weight is 293 g/mol. The molecule has 112 valence electrons. The highest BCUT2D eigenvalue weighted by Crippen LogP contribution is 2.25. The molecule has 0 aromatic rings. The molecule has 1 rings (SSSR count). The molecular formula is C12H23NO5S. The van der Waals surface area contributed by atoms with Crippen LogP contribution in [0.3, 0.4) is 0 Å². The van der Waals surface area contributed by atoms with Gasteiger partial charge in [0.15, 0.2) is 0 Å². The molecule has 1 aliphatic carbocycles. The van der Waals surface area contributed by atoms with Crippen LogP contribution in [0.15, 0.2) is 0 Å². The van der Waals surface area contributed by atoms with E-state index in [-0.39, 0.29) is 17.7 Å². The van der Waals surface area contributed by atoms with Gasteiger partial charge in [-0.2, -0.15) is 8.42 Å². The summed E-state index contributed by atoms with van der Waals surface area (Å²) >= 11 is 0. The minimum Gasteiger partial charge on any atom is -0.444 e. The number of hydrogen-bond donors (Lipinski definition) is 2. The second-order valence-corrected chi connectivity index (χ2v) is 7.62. The van der Waals surface area contributed by atoms with E-state index in [0.29, 0.717) is 6.42 Å². The first-order valence-corrected chi connectivity index (χ1v) is 8.11. The van der Waals surface area contributed by atoms with Crippen LogP contribution in [0.1, 0.15) is 46.5 Å². The molecule has 7 heteroatoms. The van der Waals surface area contributed by atoms with Gasteiger partial charge in [0, 0.05) is 6.04 Å². The number of ether oxygens (including phenoxy) is 1. The van der Waals surface area contributed by atoms with Gasteiger partial charge in [-0.1, -0.05) is 6.42 Å². The summed E-state index contributed by atoms with van der Waals surface area (Å²) in [6, 6.07) is -0.0876. The van der Waals surface area contributed by atoms with Gasteiger partial charge >= 0.3 is 6.09 Å². The van der Waals surface area contributed by atoms with Crippen LogP contribution in [0.25, 0.3) is 0 Å². The summed E-state index contributed by atoms with van der Waals surface area (Å²) in [5, 5.41) is 2.75. The Bertz CT molecular complexity index is 412. The first-order valence-electron chi connectivity index (χ1n) is 6.50. The van der Waals surface area contributed by atoms with Crippen molar-refractivity contribution in [3.05, 3.63) is 0 Å². The van der Waals surface area contributed by atoms with E-state index in [1.807, 2.05) is 0 Å². The van der Waals surface area contributed by atoms with Crippen molar-refractivity contribution in [3.8, 4) is 0 Å². The number of alkyl carbamates (subject to hydrolysis) is 1. The lowest BCUT2D eigenvalue weighted by Gasteiger charge is -2.30. The topological polar surface area (TPSA) is 92.7 Å². The molecule has 0 aromatic heterocycles. The first-order chi connectivity index (χ1) is 8.55. The fourth-order valence-corrected chi connectivity index (χ4v) is 3.24. The van der Waals surface area contributed by atoms with E-state index < -0.39 is 21.8 Å². The number of nitrogens with one attached hydrogen (secondary N) is 1. The second kappa shape index (κ2) is 6.09. The minimum absolute atomic E-state index is 0.0876. The van der Waals surface area contributed by atoms with Gasteiger partial charge in [0.1, 0.15) is 5.60 Å². The largest absolute Gasteiger partial charge is 0.444 e. The monoisotopic (exact) mass is 293 g/mol. The van der Waals surface area contributed by atoms with Gasteiger partial charge in [0.25, 0.3) is 10.1 Å². The summed E-state index contributed by atoms with van der Waals surface area (Å²) in [5.74, 6) is -0.344. The molecule has 0 unspecified atom stereocenters. The summed E-state index contributed by atoms with van der Waals surface area (Å²) in [4.78, 5) is 11.6. The SMILES string of the molecule is CC(C)(C)OC(=O)N[C@@H]1CCC[C@H](CS(=O)(=O)O)C1. The highest BCUT2D eigenvalue weighted by atomic mass is 32.2. The molecule has 6 nitrogen and oxygen atoms in total. The molecular weight excluding hydrogens is 270 g/mol. The van der Waals surface area contributed by atoms with Crippen LogP contribution in [0.2, 0.25) is 0 Å². The summed E-state index contributed by atoms with van der Waals surface area (Å²) < 4.78 is 35.7. The maximum atomic E-state index is 11.6. The maximum Gasteiger partial charge on any atom is 0.407 e. The molecule has 0 bridgehead atoms. The number of hydrogen-bond acceptors (Lipinski definition) is 4. The smallest absolute Gasteiger partial charge is 0.407 e. The molecule has 0 aromatic carbocycles. The third kappa shape index (κ3) is 7.37. The quantitative estimate of drug-likeness (QED) is 0.776. The lowest BCUT2D eigenvalue weighted by atomic mass is 9.87. The van der Waals surface area contributed by atoms with Crippen LogP contribution in [0.4, 0.5) is 4.79 Å². The fraction of sp³-hybridized carbons (Fsp3) is 0.917. The first kappa shape index (κ1) is 16.2. The highest BCUT2D eigenvalue weighted by Gasteiger charge is 2.27. The van der Waals surface area contributed by atoms with Gasteiger partial charge in [-0.15, -0.1) is 0 Å². The van der Waals surface area contributed by atoms with Crippen LogP contribution in [0, 0.1) is 5.92 Å². The number of carbonyl (C=O) groups excluding carboxylic acids is 1. The molecule has 0 saturated heterocycles. The Morgan fingerprint density at radius 2 is 2.00 bits per heavy atom. The van der Waals surface area contributed by atoms with Crippen molar-refractivity contribution in [3.63, 3.8) is 0 Å². The zero-order valence-electron chi connectivity index (χ0n) is 11.7. The van der Waals surface area contributed by atoms with Crippen molar-refractivity contribution in [1.29, 1.82) is 0 Å². The molecule has 1 fully saturated rings. The summed E-state index contributed by atoms with van der Waals surface area (Å²) in [6.45, 7) is 5.36. The second-order valence-electron chi connectivity index (χ2n) is 6.12. The van der Waals surface area contributed by atoms with Gasteiger partial charge in [-0.25, -0.2) is 4.79 Å². The third-order valence-electron chi connectivity index (χ3n) is 2.95. The summed E-state index contributed by atoms with van der Waals surface area (Å²) in [6.07, 6.45) is 2.47. The Morgan fingerprint density at radius 1 is 1.37 bits per heavy atom. The van der Waals surface area contributed by atoms with Gasteiger partial charge in [-0.05, 0) is 46.0 Å². The molecule has 1 amide bonds. The molecule has 1 saturated carbocycles. The molecule has 19 heavy (non-hydrogen) atoms. The Hall–Kier alpha value is -0.820. The fourth-order valence-electron chi connectivity index (χ4n) is 2.35. The van der Waals surface area contributed by atoms with Crippen LogP contribution < -0.4 is 5.32 Å². The van der Waals surface area contributed by atoms with E-state index >= 15 is 0 Å². The Kier molecular flexibility index (Phi) is 5.20. The molecule has 1 aliphatic rings. The molecule has 2 atom stereocenters. The highest BCUT2D eigenvalue weighted by molar-refractivity contribution is 7.85. The van der Waals surface area contributed by atoms with Crippen molar-refractivity contribution in [2.75, 3.05) is 5.75 Å². The summed E-state index contributed by atoms with van der Waals surface area (Å²) in [5.41, 5.74) is -0.549. The van der Waals surface area contributed by atoms with Gasteiger partial charge < -0.3 is 10.1 Å². The maximum absolute atomic E-state index is 11.6. The van der Waals surface area contributed by atoms with E-state index in [4.69, 9.17) is 9.29 Å². The number of carbonyl (C=O) groups is 1. The van der Waals surface area contributed by atoms with Gasteiger partial charge in [0.2, 0.25) is 0 Å². The Labute approximate surface area is 114 Å². The average Bonchev–Trinajstić information content (AvgIpc) is 2.11. The Morgan fingerprint density at radius 3 is 2.53 bits per heavy atom. The zero-order valence-corrected chi connectivity index (χ0v) is 12.5. The van der Waals surface area contributed by atoms with E-state index in [9.17, 15) is 13.2 Å². The molecule has 2 N–H and O–H groups in total. The van der Waals surface area contributed by atoms with Crippen molar-refractivity contribution in [1.82, 2.24) is 5.32 Å². The van der Waals surface area contributed by atoms with Crippen molar-refractivity contribution in [2.45, 2.75) is 58.1 Å². The molecule has 0 heterocycles. The lowest BCUT2D eigenvalue weighted by molar-refractivity contribution is 0.0487. The van der Waals surface area contributed by atoms with Crippen molar-refractivity contribution in [2.24, 2.45) is 5.92 Å². The Balaban J connectivity index is 2.45. The predicted octanol–water partition coefficient (Wildman–Crippen LogP) is 1.96. The number of rotatable bonds is 3. The zero-order chi connectivity index (χ0) is 14.7. The van der Waals surface area contributed by atoms with E-state index in [0.717, 1.165) is 19.3 Å². The molecule has 0 radical (unpaired) electrons. The van der Waals surface area contributed by atoms with Gasteiger partial charge in [-0.3, -0.25) is 4.55 Å². The minimum atomic E-state index is -3.95. The van der Waals surface area contributed by atoms with Gasteiger partial charge in [0.05, 0.1) is 5.75 Å². The van der Waals surface area contributed by atoms with Crippen LogP contribution in [-0.2, 0) is 14.9 Å². The van der Waals surface area contributed by atoms with Crippen molar-refractivity contribution < 1.29 is 22.5 Å².